The van der Waals surface area contributed by atoms with Gasteiger partial charge >= 0.3 is 5.97 Å². The molecule has 0 bridgehead atoms. The molecule has 1 spiro atoms. The van der Waals surface area contributed by atoms with E-state index in [1.165, 1.54) is 55.2 Å². The summed E-state index contributed by atoms with van der Waals surface area (Å²) in [6.45, 7) is 8.11. The Morgan fingerprint density at radius 2 is 1.88 bits per heavy atom. The van der Waals surface area contributed by atoms with Crippen molar-refractivity contribution in [2.45, 2.75) is 77.7 Å². The van der Waals surface area contributed by atoms with Crippen LogP contribution in [0.4, 0.5) is 5.69 Å². The predicted octanol–water partition coefficient (Wildman–Crippen LogP) is 7.80. The first-order valence-electron chi connectivity index (χ1n) is 15.4. The van der Waals surface area contributed by atoms with Crippen LogP contribution in [0.5, 0.6) is 5.75 Å². The number of aromatic nitrogens is 2. The van der Waals surface area contributed by atoms with Crippen molar-refractivity contribution in [2.75, 3.05) is 18.0 Å². The maximum absolute atomic E-state index is 11.6. The van der Waals surface area contributed by atoms with E-state index in [-0.39, 0.29) is 11.8 Å². The summed E-state index contributed by atoms with van der Waals surface area (Å²) in [5.41, 5.74) is 7.11. The maximum atomic E-state index is 11.6. The Kier molecular flexibility index (Phi) is 6.71. The van der Waals surface area contributed by atoms with Crippen LogP contribution in [0.3, 0.4) is 0 Å². The molecule has 1 aliphatic heterocycles. The number of aromatic carboxylic acids is 1. The van der Waals surface area contributed by atoms with Crippen molar-refractivity contribution in [1.29, 1.82) is 0 Å². The van der Waals surface area contributed by atoms with Gasteiger partial charge in [0.05, 0.1) is 11.6 Å². The average Bonchev–Trinajstić information content (AvgIpc) is 3.72. The van der Waals surface area contributed by atoms with Gasteiger partial charge in [0.25, 0.3) is 0 Å². The summed E-state index contributed by atoms with van der Waals surface area (Å²) in [6.07, 6.45) is 8.37. The van der Waals surface area contributed by atoms with Gasteiger partial charge in [0.15, 0.2) is 5.69 Å². The number of hydrogen-bond acceptors (Lipinski definition) is 6. The summed E-state index contributed by atoms with van der Waals surface area (Å²) >= 11 is 0. The van der Waals surface area contributed by atoms with Gasteiger partial charge in [-0.05, 0) is 101 Å². The number of carboxylic acids is 1. The molecule has 1 saturated heterocycles. The third-order valence-electron chi connectivity index (χ3n) is 9.63. The molecule has 2 aromatic heterocycles. The molecule has 7 nitrogen and oxygen atoms in total. The lowest BCUT2D eigenvalue weighted by molar-refractivity contribution is 0.0282. The topological polar surface area (TPSA) is 88.7 Å². The standard InChI is InChI=1S/C35H39N3O4/c1-21(2)41-31-18-30(34(39)40)36-29-11-10-25(17-27(29)31)38-14-12-35(13-15-38)19-23(20-35)16-28-32(26-7-5-4-6-22(26)3)37-42-33(28)24-8-9-24/h4-7,10-11,17-18,21,23-24H,8-9,12-16,19-20H2,1-3H3,(H,39,40). The molecule has 2 aliphatic carbocycles. The van der Waals surface area contributed by atoms with Gasteiger partial charge in [-0.15, -0.1) is 0 Å². The zero-order valence-electron chi connectivity index (χ0n) is 24.7. The Morgan fingerprint density at radius 1 is 1.12 bits per heavy atom. The minimum atomic E-state index is -1.05. The Labute approximate surface area is 246 Å². The highest BCUT2D eigenvalue weighted by Gasteiger charge is 2.46. The van der Waals surface area contributed by atoms with Crippen molar-refractivity contribution >= 4 is 22.6 Å². The molecule has 3 heterocycles. The van der Waals surface area contributed by atoms with Crippen LogP contribution in [0.1, 0.15) is 85.7 Å². The van der Waals surface area contributed by atoms with Crippen molar-refractivity contribution in [2.24, 2.45) is 11.3 Å². The van der Waals surface area contributed by atoms with Gasteiger partial charge < -0.3 is 19.3 Å². The normalized spacial score (nSPS) is 18.5. The third kappa shape index (κ3) is 5.03. The first-order valence-corrected chi connectivity index (χ1v) is 15.4. The average molecular weight is 566 g/mol. The van der Waals surface area contributed by atoms with Crippen molar-refractivity contribution < 1.29 is 19.2 Å². The number of fused-ring (bicyclic) bond motifs is 1. The number of carboxylic acid groups (broad SMARTS) is 1. The maximum Gasteiger partial charge on any atom is 0.354 e. The number of anilines is 1. The molecule has 4 aromatic rings. The predicted molar refractivity (Wildman–Crippen MR) is 163 cm³/mol. The summed E-state index contributed by atoms with van der Waals surface area (Å²) in [6, 6.07) is 16.2. The molecule has 3 aliphatic rings. The largest absolute Gasteiger partial charge is 0.490 e. The molecular formula is C35H39N3O4. The number of benzene rings is 2. The summed E-state index contributed by atoms with van der Waals surface area (Å²) in [5.74, 6) is 1.91. The van der Waals surface area contributed by atoms with Gasteiger partial charge in [0.2, 0.25) is 0 Å². The molecule has 0 atom stereocenters. The molecule has 0 unspecified atom stereocenters. The van der Waals surface area contributed by atoms with Crippen LogP contribution < -0.4 is 9.64 Å². The fraction of sp³-hybridized carbons (Fsp3) is 0.457. The van der Waals surface area contributed by atoms with Gasteiger partial charge in [-0.2, -0.15) is 0 Å². The summed E-state index contributed by atoms with van der Waals surface area (Å²) in [5, 5.41) is 15.0. The molecule has 2 aromatic carbocycles. The molecule has 0 amide bonds. The van der Waals surface area contributed by atoms with Crippen LogP contribution in [0.25, 0.3) is 22.2 Å². The fourth-order valence-electron chi connectivity index (χ4n) is 7.32. The Balaban J connectivity index is 1.04. The van der Waals surface area contributed by atoms with Crippen molar-refractivity contribution in [3.63, 3.8) is 0 Å². The smallest absolute Gasteiger partial charge is 0.354 e. The summed E-state index contributed by atoms with van der Waals surface area (Å²) < 4.78 is 12.0. The van der Waals surface area contributed by atoms with Crippen molar-refractivity contribution in [3.05, 3.63) is 71.1 Å². The number of nitrogens with zero attached hydrogens (tertiary/aromatic N) is 3. The van der Waals surface area contributed by atoms with Gasteiger partial charge in [0.1, 0.15) is 17.2 Å². The lowest BCUT2D eigenvalue weighted by Gasteiger charge is -2.53. The van der Waals surface area contributed by atoms with Crippen LogP contribution in [0, 0.1) is 18.3 Å². The van der Waals surface area contributed by atoms with Gasteiger partial charge in [0, 0.05) is 47.3 Å². The number of hydrogen-bond donors (Lipinski definition) is 1. The number of pyridine rings is 1. The van der Waals surface area contributed by atoms with Gasteiger partial charge in [-0.3, -0.25) is 0 Å². The summed E-state index contributed by atoms with van der Waals surface area (Å²) in [4.78, 5) is 18.4. The Hall–Kier alpha value is -3.87. The first kappa shape index (κ1) is 27.0. The number of aryl methyl sites for hydroxylation is 1. The second-order valence-corrected chi connectivity index (χ2v) is 13.1. The number of ether oxygens (including phenoxy) is 1. The zero-order chi connectivity index (χ0) is 29.0. The number of piperidine rings is 1. The molecule has 2 saturated carbocycles. The van der Waals surface area contributed by atoms with Crippen LogP contribution in [-0.2, 0) is 6.42 Å². The lowest BCUT2D eigenvalue weighted by atomic mass is 9.56. The molecule has 218 valence electrons. The highest BCUT2D eigenvalue weighted by molar-refractivity contribution is 5.94. The van der Waals surface area contributed by atoms with E-state index in [0.717, 1.165) is 42.0 Å². The number of rotatable bonds is 8. The van der Waals surface area contributed by atoms with E-state index in [1.807, 2.05) is 19.9 Å². The highest BCUT2D eigenvalue weighted by atomic mass is 16.5. The van der Waals surface area contributed by atoms with E-state index >= 15 is 0 Å². The van der Waals surface area contributed by atoms with E-state index < -0.39 is 5.97 Å². The van der Waals surface area contributed by atoms with Crippen LogP contribution in [-0.4, -0.2) is 40.4 Å². The van der Waals surface area contributed by atoms with Crippen LogP contribution in [0.2, 0.25) is 0 Å². The molecule has 7 rings (SSSR count). The summed E-state index contributed by atoms with van der Waals surface area (Å²) in [7, 11) is 0. The Bertz CT molecular complexity index is 1640. The minimum Gasteiger partial charge on any atom is -0.490 e. The third-order valence-corrected chi connectivity index (χ3v) is 9.63. The lowest BCUT2D eigenvalue weighted by Crippen LogP contribution is -2.47. The Morgan fingerprint density at radius 3 is 2.57 bits per heavy atom. The number of carbonyl (C=O) groups is 1. The highest BCUT2D eigenvalue weighted by Crippen LogP contribution is 2.55. The molecule has 0 radical (unpaired) electrons. The first-order chi connectivity index (χ1) is 20.3. The van der Waals surface area contributed by atoms with E-state index in [9.17, 15) is 9.90 Å². The minimum absolute atomic E-state index is 0.00632. The van der Waals surface area contributed by atoms with Crippen molar-refractivity contribution in [1.82, 2.24) is 10.1 Å². The van der Waals surface area contributed by atoms with E-state index in [4.69, 9.17) is 9.26 Å². The van der Waals surface area contributed by atoms with Crippen molar-refractivity contribution in [3.8, 4) is 17.0 Å². The monoisotopic (exact) mass is 565 g/mol. The second kappa shape index (κ2) is 10.4. The fourth-order valence-corrected chi connectivity index (χ4v) is 7.32. The molecule has 3 fully saturated rings. The second-order valence-electron chi connectivity index (χ2n) is 13.1. The zero-order valence-corrected chi connectivity index (χ0v) is 24.7. The molecule has 7 heteroatoms. The van der Waals surface area contributed by atoms with Crippen LogP contribution >= 0.6 is 0 Å². The SMILES string of the molecule is Cc1ccccc1-c1noc(C2CC2)c1CC1CC2(CCN(c3ccc4nc(C(=O)O)cc(OC(C)C)c4c3)CC2)C1. The molecule has 42 heavy (non-hydrogen) atoms. The quantitative estimate of drug-likeness (QED) is 0.233. The van der Waals surface area contributed by atoms with E-state index in [1.54, 1.807) is 6.07 Å². The van der Waals surface area contributed by atoms with E-state index in [0.29, 0.717) is 28.5 Å². The van der Waals surface area contributed by atoms with E-state index in [2.05, 4.69) is 58.4 Å². The van der Waals surface area contributed by atoms with Gasteiger partial charge in [-0.1, -0.05) is 29.4 Å². The molecular weight excluding hydrogens is 526 g/mol. The van der Waals surface area contributed by atoms with Crippen LogP contribution in [0.15, 0.2) is 53.1 Å². The molecule has 1 N–H and O–H groups in total. The van der Waals surface area contributed by atoms with Gasteiger partial charge in [-0.25, -0.2) is 9.78 Å².